The van der Waals surface area contributed by atoms with Crippen LogP contribution in [0.1, 0.15) is 25.0 Å². The lowest BCUT2D eigenvalue weighted by atomic mass is 9.96. The van der Waals surface area contributed by atoms with Crippen molar-refractivity contribution in [1.29, 1.82) is 0 Å². The molecule has 1 aromatic rings. The molecule has 1 aliphatic heterocycles. The van der Waals surface area contributed by atoms with Crippen molar-refractivity contribution in [3.05, 3.63) is 16.6 Å². The van der Waals surface area contributed by atoms with Crippen LogP contribution < -0.4 is 10.6 Å². The van der Waals surface area contributed by atoms with Crippen LogP contribution in [0.25, 0.3) is 0 Å². The number of nitrogens with one attached hydrogen (secondary N) is 2. The topological polar surface area (TPSA) is 37.0 Å². The summed E-state index contributed by atoms with van der Waals surface area (Å²) in [5, 5.41) is 9.01. The van der Waals surface area contributed by atoms with Gasteiger partial charge in [-0.2, -0.15) is 0 Å². The molecule has 2 N–H and O–H groups in total. The van der Waals surface area contributed by atoms with Crippen LogP contribution in [0.2, 0.25) is 0 Å². The summed E-state index contributed by atoms with van der Waals surface area (Å²) in [7, 11) is 0. The van der Waals surface area contributed by atoms with Crippen LogP contribution in [0, 0.1) is 5.92 Å². The summed E-state index contributed by atoms with van der Waals surface area (Å²) in [5.74, 6) is 0.877. The molecule has 0 spiro atoms. The van der Waals surface area contributed by atoms with Gasteiger partial charge in [0, 0.05) is 11.9 Å². The van der Waals surface area contributed by atoms with Gasteiger partial charge in [0.1, 0.15) is 0 Å². The normalized spacial score (nSPS) is 21.7. The van der Waals surface area contributed by atoms with Gasteiger partial charge < -0.3 is 10.6 Å². The number of hydrogen-bond acceptors (Lipinski definition) is 4. The lowest BCUT2D eigenvalue weighted by Crippen LogP contribution is -2.31. The third kappa shape index (κ3) is 3.89. The Hall–Kier alpha value is -0.450. The number of aromatic nitrogens is 1. The predicted octanol–water partition coefficient (Wildman–Crippen LogP) is 1.62. The van der Waals surface area contributed by atoms with Gasteiger partial charge in [0.2, 0.25) is 0 Å². The maximum atomic E-state index is 4.24. The van der Waals surface area contributed by atoms with E-state index in [-0.39, 0.29) is 0 Å². The Morgan fingerprint density at radius 1 is 1.60 bits per heavy atom. The van der Waals surface area contributed by atoms with E-state index in [4.69, 9.17) is 0 Å². The van der Waals surface area contributed by atoms with Gasteiger partial charge in [-0.25, -0.2) is 4.98 Å². The molecule has 0 bridgehead atoms. The SMILES string of the molecule is c1nc(CNCCC2CCCNC2)cs1. The van der Waals surface area contributed by atoms with E-state index in [1.54, 1.807) is 11.3 Å². The van der Waals surface area contributed by atoms with Gasteiger partial charge in [0.15, 0.2) is 0 Å². The van der Waals surface area contributed by atoms with Crippen molar-refractivity contribution < 1.29 is 0 Å². The summed E-state index contributed by atoms with van der Waals surface area (Å²) in [6, 6.07) is 0. The van der Waals surface area contributed by atoms with Crippen LogP contribution in [0.3, 0.4) is 0 Å². The first-order valence-electron chi connectivity index (χ1n) is 5.73. The second-order valence-electron chi connectivity index (χ2n) is 4.16. The van der Waals surface area contributed by atoms with Gasteiger partial charge in [-0.05, 0) is 44.8 Å². The molecular formula is C11H19N3S. The quantitative estimate of drug-likeness (QED) is 0.748. The second kappa shape index (κ2) is 6.20. The van der Waals surface area contributed by atoms with Gasteiger partial charge in [0.05, 0.1) is 11.2 Å². The van der Waals surface area contributed by atoms with E-state index in [9.17, 15) is 0 Å². The van der Waals surface area contributed by atoms with Crippen LogP contribution in [-0.2, 0) is 6.54 Å². The maximum absolute atomic E-state index is 4.24. The molecule has 0 saturated carbocycles. The predicted molar refractivity (Wildman–Crippen MR) is 64.0 cm³/mol. The summed E-state index contributed by atoms with van der Waals surface area (Å²) >= 11 is 1.66. The number of thiazole rings is 1. The Balaban J connectivity index is 1.54. The summed E-state index contributed by atoms with van der Waals surface area (Å²) in [6.45, 7) is 4.45. The zero-order valence-corrected chi connectivity index (χ0v) is 9.85. The summed E-state index contributed by atoms with van der Waals surface area (Å²) in [4.78, 5) is 4.24. The van der Waals surface area contributed by atoms with Crippen molar-refractivity contribution >= 4 is 11.3 Å². The van der Waals surface area contributed by atoms with E-state index in [0.29, 0.717) is 0 Å². The molecule has 0 aromatic carbocycles. The molecule has 1 aromatic heterocycles. The molecule has 2 rings (SSSR count). The number of nitrogens with zero attached hydrogens (tertiary/aromatic N) is 1. The van der Waals surface area contributed by atoms with E-state index in [0.717, 1.165) is 19.0 Å². The average molecular weight is 225 g/mol. The van der Waals surface area contributed by atoms with Crippen LogP contribution in [0.4, 0.5) is 0 Å². The van der Waals surface area contributed by atoms with Gasteiger partial charge >= 0.3 is 0 Å². The Bertz CT molecular complexity index is 255. The first-order valence-corrected chi connectivity index (χ1v) is 6.68. The molecule has 1 saturated heterocycles. The molecule has 15 heavy (non-hydrogen) atoms. The largest absolute Gasteiger partial charge is 0.316 e. The van der Waals surface area contributed by atoms with Crippen LogP contribution >= 0.6 is 11.3 Å². The smallest absolute Gasteiger partial charge is 0.0795 e. The minimum Gasteiger partial charge on any atom is -0.316 e. The molecule has 1 fully saturated rings. The third-order valence-electron chi connectivity index (χ3n) is 2.92. The van der Waals surface area contributed by atoms with Gasteiger partial charge in [-0.15, -0.1) is 11.3 Å². The Labute approximate surface area is 95.3 Å². The molecule has 3 nitrogen and oxygen atoms in total. The lowest BCUT2D eigenvalue weighted by molar-refractivity contribution is 0.351. The molecular weight excluding hydrogens is 206 g/mol. The van der Waals surface area contributed by atoms with Crippen LogP contribution in [-0.4, -0.2) is 24.6 Å². The van der Waals surface area contributed by atoms with Crippen LogP contribution in [0.15, 0.2) is 10.9 Å². The first kappa shape index (κ1) is 11.0. The highest BCUT2D eigenvalue weighted by molar-refractivity contribution is 7.07. The fourth-order valence-corrected chi connectivity index (χ4v) is 2.58. The van der Waals surface area contributed by atoms with Crippen molar-refractivity contribution in [2.75, 3.05) is 19.6 Å². The molecule has 4 heteroatoms. The van der Waals surface area contributed by atoms with Crippen molar-refractivity contribution in [2.45, 2.75) is 25.8 Å². The monoisotopic (exact) mass is 225 g/mol. The molecule has 0 aliphatic carbocycles. The Kier molecular flexibility index (Phi) is 4.57. The number of rotatable bonds is 5. The molecule has 2 heterocycles. The molecule has 0 amide bonds. The fraction of sp³-hybridized carbons (Fsp3) is 0.727. The highest BCUT2D eigenvalue weighted by atomic mass is 32.1. The van der Waals surface area contributed by atoms with E-state index >= 15 is 0 Å². The van der Waals surface area contributed by atoms with Gasteiger partial charge in [-0.3, -0.25) is 0 Å². The van der Waals surface area contributed by atoms with Gasteiger partial charge in [-0.1, -0.05) is 0 Å². The molecule has 1 aliphatic rings. The summed E-state index contributed by atoms with van der Waals surface area (Å²) in [6.07, 6.45) is 4.03. The van der Waals surface area contributed by atoms with Crippen molar-refractivity contribution in [1.82, 2.24) is 15.6 Å². The minimum absolute atomic E-state index is 0.877. The van der Waals surface area contributed by atoms with E-state index in [2.05, 4.69) is 21.0 Å². The minimum atomic E-state index is 0.877. The van der Waals surface area contributed by atoms with Crippen molar-refractivity contribution in [2.24, 2.45) is 5.92 Å². The standard InChI is InChI=1S/C11H19N3S/c1-2-10(6-12-4-1)3-5-13-7-11-8-15-9-14-11/h8-10,12-13H,1-7H2. The third-order valence-corrected chi connectivity index (χ3v) is 3.55. The molecule has 1 atom stereocenters. The first-order chi connectivity index (χ1) is 7.45. The van der Waals surface area contributed by atoms with Crippen LogP contribution in [0.5, 0.6) is 0 Å². The summed E-state index contributed by atoms with van der Waals surface area (Å²) in [5.41, 5.74) is 3.06. The second-order valence-corrected chi connectivity index (χ2v) is 4.88. The summed E-state index contributed by atoms with van der Waals surface area (Å²) < 4.78 is 0. The Morgan fingerprint density at radius 3 is 3.33 bits per heavy atom. The Morgan fingerprint density at radius 2 is 2.60 bits per heavy atom. The molecule has 0 radical (unpaired) electrons. The zero-order valence-electron chi connectivity index (χ0n) is 9.04. The number of piperidine rings is 1. The van der Waals surface area contributed by atoms with E-state index in [1.807, 2.05) is 5.51 Å². The highest BCUT2D eigenvalue weighted by Gasteiger charge is 2.11. The molecule has 84 valence electrons. The van der Waals surface area contributed by atoms with Gasteiger partial charge in [0.25, 0.3) is 0 Å². The molecule has 1 unspecified atom stereocenters. The zero-order chi connectivity index (χ0) is 10.3. The van der Waals surface area contributed by atoms with E-state index in [1.165, 1.54) is 38.0 Å². The van der Waals surface area contributed by atoms with Crippen molar-refractivity contribution in [3.63, 3.8) is 0 Å². The lowest BCUT2D eigenvalue weighted by Gasteiger charge is -2.22. The van der Waals surface area contributed by atoms with Crippen molar-refractivity contribution in [3.8, 4) is 0 Å². The number of hydrogen-bond donors (Lipinski definition) is 2. The fourth-order valence-electron chi connectivity index (χ4n) is 2.02. The maximum Gasteiger partial charge on any atom is 0.0795 e. The van der Waals surface area contributed by atoms with E-state index < -0.39 is 0 Å². The highest BCUT2D eigenvalue weighted by Crippen LogP contribution is 2.12. The average Bonchev–Trinajstić information content (AvgIpc) is 2.79.